The molecule has 0 fully saturated rings. The lowest BCUT2D eigenvalue weighted by Gasteiger charge is -2.34. The molecule has 1 heterocycles. The van der Waals surface area contributed by atoms with Crippen LogP contribution in [0.3, 0.4) is 0 Å². The van der Waals surface area contributed by atoms with E-state index in [2.05, 4.69) is 59.5 Å². The van der Waals surface area contributed by atoms with Gasteiger partial charge in [-0.15, -0.1) is 0 Å². The van der Waals surface area contributed by atoms with Crippen molar-refractivity contribution in [1.29, 1.82) is 0 Å². The third-order valence-electron chi connectivity index (χ3n) is 4.40. The predicted octanol–water partition coefficient (Wildman–Crippen LogP) is 3.92. The van der Waals surface area contributed by atoms with Gasteiger partial charge in [-0.1, -0.05) is 48.5 Å². The number of hydrogen-bond donors (Lipinski definition) is 1. The first-order valence-electron chi connectivity index (χ1n) is 7.99. The van der Waals surface area contributed by atoms with Crippen LogP contribution >= 0.6 is 0 Å². The number of nitrogens with two attached hydrogens (primary N) is 1. The molecule has 1 atom stereocenters. The smallest absolute Gasteiger partial charge is 0.0554 e. The molecular formula is C19H24N2. The maximum atomic E-state index is 5.91. The third-order valence-corrected chi connectivity index (χ3v) is 4.40. The van der Waals surface area contributed by atoms with Crippen LogP contribution in [0.4, 0.5) is 5.69 Å². The second kappa shape index (κ2) is 6.77. The van der Waals surface area contributed by atoms with Crippen LogP contribution in [-0.2, 0) is 6.42 Å². The fourth-order valence-corrected chi connectivity index (χ4v) is 3.38. The van der Waals surface area contributed by atoms with Gasteiger partial charge in [0, 0.05) is 12.2 Å². The quantitative estimate of drug-likeness (QED) is 0.919. The van der Waals surface area contributed by atoms with Crippen molar-refractivity contribution in [2.24, 2.45) is 5.73 Å². The highest BCUT2D eigenvalue weighted by Gasteiger charge is 2.23. The molecule has 2 N–H and O–H groups in total. The van der Waals surface area contributed by atoms with Crippen LogP contribution in [0.5, 0.6) is 0 Å². The van der Waals surface area contributed by atoms with E-state index in [1.807, 2.05) is 0 Å². The Morgan fingerprint density at radius 3 is 2.52 bits per heavy atom. The molecule has 2 aromatic rings. The van der Waals surface area contributed by atoms with Crippen molar-refractivity contribution in [2.45, 2.75) is 31.7 Å². The van der Waals surface area contributed by atoms with E-state index in [1.54, 1.807) is 0 Å². The Hall–Kier alpha value is -1.80. The molecule has 2 aromatic carbocycles. The molecular weight excluding hydrogens is 256 g/mol. The molecule has 2 heteroatoms. The van der Waals surface area contributed by atoms with E-state index in [4.69, 9.17) is 5.73 Å². The molecule has 0 aromatic heterocycles. The lowest BCUT2D eigenvalue weighted by Crippen LogP contribution is -2.31. The summed E-state index contributed by atoms with van der Waals surface area (Å²) in [4.78, 5) is 2.57. The molecule has 1 aliphatic rings. The van der Waals surface area contributed by atoms with Gasteiger partial charge in [0.2, 0.25) is 0 Å². The highest BCUT2D eigenvalue weighted by Crippen LogP contribution is 2.34. The van der Waals surface area contributed by atoms with Crippen molar-refractivity contribution < 1.29 is 0 Å². The van der Waals surface area contributed by atoms with E-state index in [1.165, 1.54) is 36.1 Å². The maximum Gasteiger partial charge on any atom is 0.0554 e. The lowest BCUT2D eigenvalue weighted by molar-refractivity contribution is 0.571. The van der Waals surface area contributed by atoms with Gasteiger partial charge in [0.05, 0.1) is 6.04 Å². The molecule has 0 aliphatic carbocycles. The van der Waals surface area contributed by atoms with Crippen molar-refractivity contribution in [1.82, 2.24) is 0 Å². The Bertz CT molecular complexity index is 565. The molecule has 0 radical (unpaired) electrons. The number of fused-ring (bicyclic) bond motifs is 1. The first kappa shape index (κ1) is 14.2. The minimum atomic E-state index is 0.385. The summed E-state index contributed by atoms with van der Waals surface area (Å²) in [5.41, 5.74) is 10.2. The van der Waals surface area contributed by atoms with E-state index >= 15 is 0 Å². The summed E-state index contributed by atoms with van der Waals surface area (Å²) in [6, 6.07) is 20.0. The molecule has 0 saturated carbocycles. The Labute approximate surface area is 127 Å². The Morgan fingerprint density at radius 2 is 1.71 bits per heavy atom. The number of anilines is 1. The topological polar surface area (TPSA) is 29.3 Å². The molecule has 0 spiro atoms. The highest BCUT2D eigenvalue weighted by molar-refractivity contribution is 5.56. The maximum absolute atomic E-state index is 5.91. The molecule has 2 nitrogen and oxygen atoms in total. The normalized spacial score (nSPS) is 16.1. The summed E-state index contributed by atoms with van der Waals surface area (Å²) in [6.45, 7) is 1.84. The zero-order valence-electron chi connectivity index (χ0n) is 12.5. The van der Waals surface area contributed by atoms with Crippen LogP contribution in [0.15, 0.2) is 54.6 Å². The zero-order valence-corrected chi connectivity index (χ0v) is 12.5. The predicted molar refractivity (Wildman–Crippen MR) is 89.6 cm³/mol. The molecule has 0 saturated heterocycles. The zero-order chi connectivity index (χ0) is 14.5. The second-order valence-electron chi connectivity index (χ2n) is 5.78. The standard InChI is InChI=1S/C19H24N2/c20-14-13-19(17-8-2-1-3-9-17)21-15-7-6-11-16-10-4-5-12-18(16)21/h1-5,8-10,12,19H,6-7,11,13-15,20H2. The monoisotopic (exact) mass is 280 g/mol. The van der Waals surface area contributed by atoms with Crippen molar-refractivity contribution >= 4 is 5.69 Å². The summed E-state index contributed by atoms with van der Waals surface area (Å²) >= 11 is 0. The van der Waals surface area contributed by atoms with Gasteiger partial charge in [0.1, 0.15) is 0 Å². The van der Waals surface area contributed by atoms with Crippen molar-refractivity contribution in [3.05, 3.63) is 65.7 Å². The van der Waals surface area contributed by atoms with Gasteiger partial charge in [0.15, 0.2) is 0 Å². The summed E-state index contributed by atoms with van der Waals surface area (Å²) in [5, 5.41) is 0. The number of aryl methyl sites for hydroxylation is 1. The Balaban J connectivity index is 1.99. The lowest BCUT2D eigenvalue weighted by atomic mass is 10.00. The van der Waals surface area contributed by atoms with Crippen molar-refractivity contribution in [3.8, 4) is 0 Å². The van der Waals surface area contributed by atoms with Gasteiger partial charge in [-0.05, 0) is 49.4 Å². The van der Waals surface area contributed by atoms with E-state index in [0.717, 1.165) is 19.5 Å². The molecule has 3 rings (SSSR count). The fourth-order valence-electron chi connectivity index (χ4n) is 3.38. The molecule has 0 amide bonds. The Kier molecular flexibility index (Phi) is 4.56. The summed E-state index contributed by atoms with van der Waals surface area (Å²) in [7, 11) is 0. The van der Waals surface area contributed by atoms with Crippen LogP contribution in [0.1, 0.15) is 36.4 Å². The van der Waals surface area contributed by atoms with Gasteiger partial charge in [0.25, 0.3) is 0 Å². The minimum Gasteiger partial charge on any atom is -0.364 e. The van der Waals surface area contributed by atoms with Crippen molar-refractivity contribution in [3.63, 3.8) is 0 Å². The first-order chi connectivity index (χ1) is 10.4. The van der Waals surface area contributed by atoms with Crippen LogP contribution in [-0.4, -0.2) is 13.1 Å². The number of nitrogens with zero attached hydrogens (tertiary/aromatic N) is 1. The van der Waals surface area contributed by atoms with Gasteiger partial charge >= 0.3 is 0 Å². The van der Waals surface area contributed by atoms with E-state index < -0.39 is 0 Å². The molecule has 1 aliphatic heterocycles. The van der Waals surface area contributed by atoms with Crippen LogP contribution in [0.25, 0.3) is 0 Å². The number of para-hydroxylation sites is 1. The molecule has 1 unspecified atom stereocenters. The summed E-state index contributed by atoms with van der Waals surface area (Å²) in [6.07, 6.45) is 4.72. The van der Waals surface area contributed by atoms with Gasteiger partial charge in [-0.3, -0.25) is 0 Å². The number of rotatable bonds is 4. The van der Waals surface area contributed by atoms with Gasteiger partial charge in [-0.25, -0.2) is 0 Å². The minimum absolute atomic E-state index is 0.385. The molecule has 110 valence electrons. The molecule has 0 bridgehead atoms. The second-order valence-corrected chi connectivity index (χ2v) is 5.78. The SMILES string of the molecule is NCCC(c1ccccc1)N1CCCCc2ccccc21. The van der Waals surface area contributed by atoms with Crippen LogP contribution < -0.4 is 10.6 Å². The summed E-state index contributed by atoms with van der Waals surface area (Å²) < 4.78 is 0. The van der Waals surface area contributed by atoms with Crippen LogP contribution in [0.2, 0.25) is 0 Å². The molecule has 21 heavy (non-hydrogen) atoms. The number of hydrogen-bond acceptors (Lipinski definition) is 2. The van der Waals surface area contributed by atoms with Crippen molar-refractivity contribution in [2.75, 3.05) is 18.0 Å². The van der Waals surface area contributed by atoms with Crippen LogP contribution in [0, 0.1) is 0 Å². The highest BCUT2D eigenvalue weighted by atomic mass is 15.2. The summed E-state index contributed by atoms with van der Waals surface area (Å²) in [5.74, 6) is 0. The number of benzene rings is 2. The van der Waals surface area contributed by atoms with Gasteiger partial charge in [-0.2, -0.15) is 0 Å². The largest absolute Gasteiger partial charge is 0.364 e. The average molecular weight is 280 g/mol. The fraction of sp³-hybridized carbons (Fsp3) is 0.368. The van der Waals surface area contributed by atoms with E-state index in [9.17, 15) is 0 Å². The third kappa shape index (κ3) is 3.11. The Morgan fingerprint density at radius 1 is 0.952 bits per heavy atom. The first-order valence-corrected chi connectivity index (χ1v) is 7.99. The average Bonchev–Trinajstić information content (AvgIpc) is 2.76. The van der Waals surface area contributed by atoms with Gasteiger partial charge < -0.3 is 10.6 Å². The van der Waals surface area contributed by atoms with E-state index in [0.29, 0.717) is 6.04 Å². The van der Waals surface area contributed by atoms with E-state index in [-0.39, 0.29) is 0 Å².